The SMILES string of the molecule is C=CCOP(=O)(OCCNC(=O)[C@@H](NC(=O)Cc1c[nH]c2ccccc12)[C@@H](C)CC)OCC(NC(=O)OCC1c2ccccc2-c2ccccc21)C(=O)NCCCO. The van der Waals surface area contributed by atoms with Gasteiger partial charge in [-0.1, -0.05) is 93.1 Å². The van der Waals surface area contributed by atoms with Crippen molar-refractivity contribution in [1.82, 2.24) is 26.3 Å². The molecule has 1 aromatic heterocycles. The smallest absolute Gasteiger partial charge is 0.449 e. The van der Waals surface area contributed by atoms with Crippen molar-refractivity contribution in [3.05, 3.63) is 108 Å². The van der Waals surface area contributed by atoms with Crippen LogP contribution in [0.4, 0.5) is 4.79 Å². The van der Waals surface area contributed by atoms with Crippen molar-refractivity contribution >= 4 is 42.5 Å². The maximum Gasteiger partial charge on any atom is 0.475 e. The Morgan fingerprint density at radius 1 is 0.897 bits per heavy atom. The second-order valence-electron chi connectivity index (χ2n) is 13.8. The summed E-state index contributed by atoms with van der Waals surface area (Å²) >= 11 is 0. The molecule has 0 radical (unpaired) electrons. The number of ether oxygens (including phenoxy) is 1. The fourth-order valence-electron chi connectivity index (χ4n) is 6.62. The molecule has 5 rings (SSSR count). The van der Waals surface area contributed by atoms with Crippen LogP contribution in [0.25, 0.3) is 22.0 Å². The Kier molecular flexibility index (Phi) is 16.2. The van der Waals surface area contributed by atoms with E-state index in [0.717, 1.165) is 38.7 Å². The molecule has 1 aliphatic carbocycles. The number of rotatable bonds is 23. The summed E-state index contributed by atoms with van der Waals surface area (Å²) in [6, 6.07) is 21.1. The Bertz CT molecular complexity index is 2040. The minimum Gasteiger partial charge on any atom is -0.449 e. The first kappa shape index (κ1) is 43.8. The van der Waals surface area contributed by atoms with Gasteiger partial charge in [0.2, 0.25) is 17.7 Å². The van der Waals surface area contributed by atoms with Crippen molar-refractivity contribution in [1.29, 1.82) is 0 Å². The normalized spacial score (nSPS) is 14.6. The Hall–Kier alpha value is -5.31. The monoisotopic (exact) mass is 817 g/mol. The van der Waals surface area contributed by atoms with E-state index in [1.807, 2.05) is 86.6 Å². The van der Waals surface area contributed by atoms with Crippen LogP contribution in [0.5, 0.6) is 0 Å². The second kappa shape index (κ2) is 21.4. The number of phosphoric ester groups is 1. The van der Waals surface area contributed by atoms with E-state index in [-0.39, 0.29) is 70.1 Å². The third-order valence-electron chi connectivity index (χ3n) is 9.82. The number of carbonyl (C=O) groups is 4. The minimum atomic E-state index is -4.40. The number of hydrogen-bond donors (Lipinski definition) is 6. The minimum absolute atomic E-state index is 0.0129. The number of benzene rings is 3. The van der Waals surface area contributed by atoms with Crippen LogP contribution in [0.3, 0.4) is 0 Å². The number of aliphatic hydroxyl groups excluding tert-OH is 1. The number of phosphoric acid groups is 1. The molecule has 4 atom stereocenters. The molecule has 310 valence electrons. The molecule has 16 heteroatoms. The molecular weight excluding hydrogens is 765 g/mol. The molecule has 4 amide bonds. The van der Waals surface area contributed by atoms with E-state index >= 15 is 0 Å². The van der Waals surface area contributed by atoms with Gasteiger partial charge in [0.05, 0.1) is 26.2 Å². The van der Waals surface area contributed by atoms with Crippen LogP contribution >= 0.6 is 7.82 Å². The van der Waals surface area contributed by atoms with Crippen molar-refractivity contribution in [3.8, 4) is 11.1 Å². The van der Waals surface area contributed by atoms with Gasteiger partial charge in [0.15, 0.2) is 0 Å². The van der Waals surface area contributed by atoms with Crippen LogP contribution in [-0.4, -0.2) is 92.1 Å². The lowest BCUT2D eigenvalue weighted by molar-refractivity contribution is -0.130. The zero-order valence-electron chi connectivity index (χ0n) is 32.7. The predicted molar refractivity (Wildman–Crippen MR) is 219 cm³/mol. The van der Waals surface area contributed by atoms with Crippen molar-refractivity contribution < 1.29 is 47.2 Å². The summed E-state index contributed by atoms with van der Waals surface area (Å²) in [6.07, 6.45) is 3.13. The predicted octanol–water partition coefficient (Wildman–Crippen LogP) is 5.11. The first-order valence-corrected chi connectivity index (χ1v) is 20.8. The van der Waals surface area contributed by atoms with E-state index in [2.05, 4.69) is 32.8 Å². The van der Waals surface area contributed by atoms with Gasteiger partial charge in [0, 0.05) is 42.7 Å². The van der Waals surface area contributed by atoms with E-state index in [0.29, 0.717) is 6.42 Å². The number of alkyl carbamates (subject to hydrolysis) is 1. The molecule has 0 fully saturated rings. The summed E-state index contributed by atoms with van der Waals surface area (Å²) in [5.74, 6) is -1.90. The number of carbonyl (C=O) groups excluding carboxylic acids is 4. The number of para-hydroxylation sites is 1. The van der Waals surface area contributed by atoms with Crippen LogP contribution in [0.15, 0.2) is 91.6 Å². The molecule has 1 heterocycles. The number of H-pyrrole nitrogens is 1. The molecule has 0 aliphatic heterocycles. The summed E-state index contributed by atoms with van der Waals surface area (Å²) in [7, 11) is -4.40. The lowest BCUT2D eigenvalue weighted by Crippen LogP contribution is -2.51. The highest BCUT2D eigenvalue weighted by Gasteiger charge is 2.33. The molecule has 15 nitrogen and oxygen atoms in total. The van der Waals surface area contributed by atoms with E-state index in [1.54, 1.807) is 6.20 Å². The molecule has 6 N–H and O–H groups in total. The second-order valence-corrected chi connectivity index (χ2v) is 15.5. The van der Waals surface area contributed by atoms with Crippen LogP contribution in [0, 0.1) is 5.92 Å². The van der Waals surface area contributed by atoms with Gasteiger partial charge in [-0.2, -0.15) is 0 Å². The zero-order valence-corrected chi connectivity index (χ0v) is 33.6. The van der Waals surface area contributed by atoms with Gasteiger partial charge in [0.1, 0.15) is 18.7 Å². The number of nitrogens with one attached hydrogen (secondary N) is 5. The maximum atomic E-state index is 13.7. The van der Waals surface area contributed by atoms with Gasteiger partial charge in [-0.25, -0.2) is 9.36 Å². The number of hydrogen-bond acceptors (Lipinski definition) is 10. The molecule has 0 saturated carbocycles. The fraction of sp³-hybridized carbons (Fsp3) is 0.381. The first-order chi connectivity index (χ1) is 28.1. The average Bonchev–Trinajstić information content (AvgIpc) is 3.79. The lowest BCUT2D eigenvalue weighted by Gasteiger charge is -2.24. The van der Waals surface area contributed by atoms with Gasteiger partial charge < -0.3 is 36.1 Å². The Labute approximate surface area is 337 Å². The summed E-state index contributed by atoms with van der Waals surface area (Å²) in [6.45, 7) is 5.90. The third kappa shape index (κ3) is 11.6. The largest absolute Gasteiger partial charge is 0.475 e. The van der Waals surface area contributed by atoms with Crippen LogP contribution in [0.2, 0.25) is 0 Å². The quantitative estimate of drug-likeness (QED) is 0.0332. The van der Waals surface area contributed by atoms with E-state index in [4.69, 9.17) is 18.3 Å². The highest BCUT2D eigenvalue weighted by molar-refractivity contribution is 7.48. The van der Waals surface area contributed by atoms with E-state index < -0.39 is 44.4 Å². The fourth-order valence-corrected chi connectivity index (χ4v) is 7.78. The van der Waals surface area contributed by atoms with Crippen molar-refractivity contribution in [3.63, 3.8) is 0 Å². The molecule has 2 unspecified atom stereocenters. The van der Waals surface area contributed by atoms with E-state index in [1.165, 1.54) is 6.08 Å². The highest BCUT2D eigenvalue weighted by Crippen LogP contribution is 2.49. The van der Waals surface area contributed by atoms with Crippen molar-refractivity contribution in [2.24, 2.45) is 5.92 Å². The molecule has 0 spiro atoms. The van der Waals surface area contributed by atoms with Crippen LogP contribution < -0.4 is 21.3 Å². The van der Waals surface area contributed by atoms with Gasteiger partial charge in [-0.3, -0.25) is 28.0 Å². The summed E-state index contributed by atoms with van der Waals surface area (Å²) in [4.78, 5) is 55.8. The first-order valence-electron chi connectivity index (χ1n) is 19.3. The Morgan fingerprint density at radius 2 is 1.57 bits per heavy atom. The number of aromatic nitrogens is 1. The lowest BCUT2D eigenvalue weighted by atomic mass is 9.98. The van der Waals surface area contributed by atoms with Crippen LogP contribution in [0.1, 0.15) is 49.3 Å². The Balaban J connectivity index is 1.16. The van der Waals surface area contributed by atoms with Crippen LogP contribution in [-0.2, 0) is 43.7 Å². The molecule has 4 aromatic rings. The van der Waals surface area contributed by atoms with Crippen molar-refractivity contribution in [2.45, 2.75) is 51.1 Å². The number of amides is 4. The summed E-state index contributed by atoms with van der Waals surface area (Å²) in [5, 5.41) is 20.8. The van der Waals surface area contributed by atoms with E-state index in [9.17, 15) is 28.8 Å². The number of aliphatic hydroxyl groups is 1. The number of aromatic amines is 1. The highest BCUT2D eigenvalue weighted by atomic mass is 31.2. The summed E-state index contributed by atoms with van der Waals surface area (Å²) < 4.78 is 35.7. The van der Waals surface area contributed by atoms with Gasteiger partial charge in [0.25, 0.3) is 0 Å². The van der Waals surface area contributed by atoms with Crippen molar-refractivity contribution in [2.75, 3.05) is 46.1 Å². The standard InChI is InChI=1S/C42H52N5O10P/c1-4-22-55-58(53,56-23-20-44-41(51)39(28(3)5-2)47-38(49)24-29-25-45-36-18-11-10-13-30(29)36)57-27-37(40(50)43-19-12-21-48)46-42(52)54-26-35-33-16-8-6-14-31(33)32-15-7-9-17-34(32)35/h4,6-11,13-18,25,28,35,37,39,45,48H,1,5,12,19-24,26-27H2,2-3H3,(H,43,50)(H,44,51)(H,46,52)(H,47,49)/t28-,37?,39-,58?/m0/s1. The zero-order chi connectivity index (χ0) is 41.5. The van der Waals surface area contributed by atoms with Gasteiger partial charge in [-0.15, -0.1) is 6.58 Å². The molecule has 3 aromatic carbocycles. The molecule has 0 bridgehead atoms. The molecule has 0 saturated heterocycles. The van der Waals surface area contributed by atoms with Gasteiger partial charge in [-0.05, 0) is 46.2 Å². The number of fused-ring (bicyclic) bond motifs is 4. The Morgan fingerprint density at radius 3 is 2.26 bits per heavy atom. The average molecular weight is 818 g/mol. The maximum absolute atomic E-state index is 13.7. The summed E-state index contributed by atoms with van der Waals surface area (Å²) in [5.41, 5.74) is 5.83. The third-order valence-corrected chi connectivity index (χ3v) is 11.3. The molecule has 1 aliphatic rings. The molecule has 58 heavy (non-hydrogen) atoms. The van der Waals surface area contributed by atoms with Gasteiger partial charge >= 0.3 is 13.9 Å². The molecular formula is C42H52N5O10P. The topological polar surface area (TPSA) is 206 Å².